The first kappa shape index (κ1) is 21.5. The van der Waals surface area contributed by atoms with Crippen LogP contribution in [0, 0.1) is 0 Å². The first-order chi connectivity index (χ1) is 13.6. The Morgan fingerprint density at radius 1 is 1.10 bits per heavy atom. The predicted molar refractivity (Wildman–Crippen MR) is 108 cm³/mol. The van der Waals surface area contributed by atoms with Crippen molar-refractivity contribution >= 4 is 16.0 Å². The van der Waals surface area contributed by atoms with Gasteiger partial charge in [0.2, 0.25) is 15.8 Å². The van der Waals surface area contributed by atoms with Gasteiger partial charge in [-0.05, 0) is 35.2 Å². The van der Waals surface area contributed by atoms with E-state index in [0.717, 1.165) is 5.56 Å². The highest BCUT2D eigenvalue weighted by atomic mass is 32.2. The molecule has 0 saturated carbocycles. The number of hydrogen-bond acceptors (Lipinski definition) is 5. The van der Waals surface area contributed by atoms with Gasteiger partial charge in [0.25, 0.3) is 0 Å². The molecule has 1 N–H and O–H groups in total. The molecule has 1 aromatic carbocycles. The fourth-order valence-corrected chi connectivity index (χ4v) is 4.87. The number of benzene rings is 1. The largest absolute Gasteiger partial charge is 0.463 e. The Morgan fingerprint density at radius 2 is 1.72 bits per heavy atom. The summed E-state index contributed by atoms with van der Waals surface area (Å²) < 4.78 is 37.6. The van der Waals surface area contributed by atoms with Gasteiger partial charge >= 0.3 is 5.97 Å². The second kappa shape index (κ2) is 8.30. The van der Waals surface area contributed by atoms with Crippen LogP contribution in [0.3, 0.4) is 0 Å². The van der Waals surface area contributed by atoms with Crippen LogP contribution in [0.2, 0.25) is 0 Å². The van der Waals surface area contributed by atoms with Crippen LogP contribution in [0.5, 0.6) is 0 Å². The second-order valence-corrected chi connectivity index (χ2v) is 10.3. The Kier molecular flexibility index (Phi) is 6.16. The van der Waals surface area contributed by atoms with Gasteiger partial charge in [0.05, 0.1) is 38.2 Å². The number of sulfonamides is 1. The molecule has 0 spiro atoms. The number of ether oxygens (including phenoxy) is 1. The molecule has 29 heavy (non-hydrogen) atoms. The quantitative estimate of drug-likeness (QED) is 0.739. The van der Waals surface area contributed by atoms with Gasteiger partial charge in [-0.1, -0.05) is 32.9 Å². The lowest BCUT2D eigenvalue weighted by Crippen LogP contribution is -3.13. The topological polar surface area (TPSA) is 81.3 Å². The number of carbonyl (C=O) groups is 1. The lowest BCUT2D eigenvalue weighted by molar-refractivity contribution is -0.918. The van der Waals surface area contributed by atoms with Gasteiger partial charge in [-0.3, -0.25) is 0 Å². The van der Waals surface area contributed by atoms with Gasteiger partial charge in [-0.25, -0.2) is 13.2 Å². The van der Waals surface area contributed by atoms with Crippen LogP contribution in [0.4, 0.5) is 0 Å². The van der Waals surface area contributed by atoms with Crippen LogP contribution in [0.25, 0.3) is 0 Å². The Morgan fingerprint density at radius 3 is 2.28 bits per heavy atom. The van der Waals surface area contributed by atoms with Crippen molar-refractivity contribution in [3.05, 3.63) is 53.5 Å². The summed E-state index contributed by atoms with van der Waals surface area (Å²) in [5, 5.41) is 0. The fraction of sp³-hybridized carbons (Fsp3) is 0.476. The molecule has 1 aromatic heterocycles. The number of carbonyl (C=O) groups excluding carboxylic acids is 1. The summed E-state index contributed by atoms with van der Waals surface area (Å²) in [6.07, 6.45) is 0. The first-order valence-electron chi connectivity index (χ1n) is 9.72. The van der Waals surface area contributed by atoms with E-state index < -0.39 is 16.0 Å². The molecule has 1 aliphatic heterocycles. The molecule has 2 heterocycles. The monoisotopic (exact) mass is 421 g/mol. The summed E-state index contributed by atoms with van der Waals surface area (Å²) in [6, 6.07) is 10.6. The van der Waals surface area contributed by atoms with E-state index >= 15 is 0 Å². The molecule has 0 aliphatic carbocycles. The summed E-state index contributed by atoms with van der Waals surface area (Å²) in [6.45, 7) is 9.15. The average molecular weight is 422 g/mol. The molecule has 1 saturated heterocycles. The molecule has 1 aliphatic rings. The van der Waals surface area contributed by atoms with Gasteiger partial charge in [-0.2, -0.15) is 4.31 Å². The molecule has 7 nitrogen and oxygen atoms in total. The lowest BCUT2D eigenvalue weighted by atomic mass is 9.87. The molecule has 158 valence electrons. The highest BCUT2D eigenvalue weighted by molar-refractivity contribution is 7.89. The molecule has 0 bridgehead atoms. The Balaban J connectivity index is 1.61. The molecule has 3 rings (SSSR count). The Labute approximate surface area is 172 Å². The first-order valence-corrected chi connectivity index (χ1v) is 11.2. The van der Waals surface area contributed by atoms with Crippen LogP contribution in [0.1, 0.15) is 42.6 Å². The Bertz CT molecular complexity index is 950. The third-order valence-corrected chi connectivity index (χ3v) is 7.17. The van der Waals surface area contributed by atoms with Gasteiger partial charge in [0, 0.05) is 0 Å². The Hall–Kier alpha value is -2.16. The number of hydrogen-bond donors (Lipinski definition) is 1. The summed E-state index contributed by atoms with van der Waals surface area (Å²) in [5.41, 5.74) is 1.09. The van der Waals surface area contributed by atoms with Crippen molar-refractivity contribution in [2.45, 2.75) is 37.6 Å². The van der Waals surface area contributed by atoms with Crippen LogP contribution in [0.15, 0.2) is 45.7 Å². The minimum absolute atomic E-state index is 0.0170. The molecule has 0 amide bonds. The highest BCUT2D eigenvalue weighted by Crippen LogP contribution is 2.24. The van der Waals surface area contributed by atoms with Crippen LogP contribution in [-0.4, -0.2) is 52.0 Å². The molecular formula is C21H29N2O5S+. The van der Waals surface area contributed by atoms with E-state index in [-0.39, 0.29) is 11.2 Å². The van der Waals surface area contributed by atoms with E-state index in [9.17, 15) is 13.2 Å². The standard InChI is InChI=1S/C21H28N2O5S/c1-21(2,3)16-5-8-18(9-6-16)29(25,26)23-13-11-22(12-14-23)15-17-7-10-19(28-17)20(24)27-4/h5-10H,11-15H2,1-4H3/p+1. The number of nitrogens with one attached hydrogen (secondary N) is 1. The maximum Gasteiger partial charge on any atom is 0.373 e. The molecule has 0 unspecified atom stereocenters. The van der Waals surface area contributed by atoms with E-state index in [1.807, 2.05) is 12.1 Å². The van der Waals surface area contributed by atoms with Gasteiger partial charge in [0.1, 0.15) is 6.54 Å². The maximum absolute atomic E-state index is 13.0. The summed E-state index contributed by atoms with van der Waals surface area (Å²) in [5.74, 6) is 0.371. The summed E-state index contributed by atoms with van der Waals surface area (Å²) >= 11 is 0. The predicted octanol–water partition coefficient (Wildman–Crippen LogP) is 1.45. The zero-order chi connectivity index (χ0) is 21.2. The lowest BCUT2D eigenvalue weighted by Gasteiger charge is -2.31. The number of rotatable bonds is 5. The second-order valence-electron chi connectivity index (χ2n) is 8.36. The van der Waals surface area contributed by atoms with Crippen molar-refractivity contribution in [1.82, 2.24) is 4.31 Å². The minimum atomic E-state index is -3.50. The van der Waals surface area contributed by atoms with Crippen LogP contribution >= 0.6 is 0 Å². The number of methoxy groups -OCH3 is 1. The normalized spacial score (nSPS) is 16.7. The summed E-state index contributed by atoms with van der Waals surface area (Å²) in [4.78, 5) is 13.0. The van der Waals surface area contributed by atoms with Gasteiger partial charge < -0.3 is 14.1 Å². The average Bonchev–Trinajstić information content (AvgIpc) is 3.15. The van der Waals surface area contributed by atoms with Crippen molar-refractivity contribution in [3.8, 4) is 0 Å². The third-order valence-electron chi connectivity index (χ3n) is 5.26. The highest BCUT2D eigenvalue weighted by Gasteiger charge is 2.31. The number of furan rings is 1. The van der Waals surface area contributed by atoms with Gasteiger partial charge in [-0.15, -0.1) is 0 Å². The molecule has 1 fully saturated rings. The maximum atomic E-state index is 13.0. The van der Waals surface area contributed by atoms with E-state index in [0.29, 0.717) is 43.4 Å². The molecule has 0 atom stereocenters. The van der Waals surface area contributed by atoms with Crippen molar-refractivity contribution < 1.29 is 27.3 Å². The van der Waals surface area contributed by atoms with Crippen LogP contribution in [-0.2, 0) is 26.7 Å². The SMILES string of the molecule is COC(=O)c1ccc(C[NH+]2CCN(S(=O)(=O)c3ccc(C(C)(C)C)cc3)CC2)o1. The fourth-order valence-electron chi connectivity index (χ4n) is 3.43. The van der Waals surface area contributed by atoms with E-state index in [2.05, 4.69) is 25.5 Å². The number of quaternary nitrogens is 1. The van der Waals surface area contributed by atoms with E-state index in [4.69, 9.17) is 4.42 Å². The van der Waals surface area contributed by atoms with Crippen molar-refractivity contribution in [3.63, 3.8) is 0 Å². The van der Waals surface area contributed by atoms with Gasteiger partial charge in [0.15, 0.2) is 5.76 Å². The van der Waals surface area contributed by atoms with E-state index in [1.54, 1.807) is 28.6 Å². The van der Waals surface area contributed by atoms with Crippen LogP contribution < -0.4 is 4.90 Å². The molecule has 8 heteroatoms. The van der Waals surface area contributed by atoms with E-state index in [1.165, 1.54) is 12.0 Å². The third kappa shape index (κ3) is 4.88. The number of nitrogens with zero attached hydrogens (tertiary/aromatic N) is 1. The molecule has 0 radical (unpaired) electrons. The summed E-state index contributed by atoms with van der Waals surface area (Å²) in [7, 11) is -2.18. The molecular weight excluding hydrogens is 392 g/mol. The smallest absolute Gasteiger partial charge is 0.373 e. The number of piperazine rings is 1. The van der Waals surface area contributed by atoms with Crippen molar-refractivity contribution in [2.75, 3.05) is 33.3 Å². The number of esters is 1. The van der Waals surface area contributed by atoms with Crippen molar-refractivity contribution in [1.29, 1.82) is 0 Å². The minimum Gasteiger partial charge on any atom is -0.463 e. The van der Waals surface area contributed by atoms with Crippen molar-refractivity contribution in [2.24, 2.45) is 0 Å². The zero-order valence-electron chi connectivity index (χ0n) is 17.4. The zero-order valence-corrected chi connectivity index (χ0v) is 18.2. The molecule has 2 aromatic rings.